The van der Waals surface area contributed by atoms with Gasteiger partial charge in [-0.05, 0) is 23.8 Å². The first-order valence-corrected chi connectivity index (χ1v) is 5.51. The third kappa shape index (κ3) is 0.757. The molecule has 0 aromatic heterocycles. The van der Waals surface area contributed by atoms with E-state index in [0.29, 0.717) is 0 Å². The summed E-state index contributed by atoms with van der Waals surface area (Å²) in [7, 11) is 0. The Balaban J connectivity index is 2.10. The SMILES string of the molecule is C1=CC2=NC=CC23C(=Nc2ccccc23)C1. The summed E-state index contributed by atoms with van der Waals surface area (Å²) < 4.78 is 0. The number of rotatable bonds is 0. The molecule has 2 heterocycles. The van der Waals surface area contributed by atoms with Crippen molar-refractivity contribution in [3.8, 4) is 0 Å². The van der Waals surface area contributed by atoms with Gasteiger partial charge in [0.15, 0.2) is 0 Å². The highest BCUT2D eigenvalue weighted by molar-refractivity contribution is 6.28. The van der Waals surface area contributed by atoms with Crippen LogP contribution < -0.4 is 0 Å². The van der Waals surface area contributed by atoms with E-state index in [-0.39, 0.29) is 5.41 Å². The molecule has 16 heavy (non-hydrogen) atoms. The van der Waals surface area contributed by atoms with Gasteiger partial charge in [0, 0.05) is 18.3 Å². The summed E-state index contributed by atoms with van der Waals surface area (Å²) in [4.78, 5) is 9.20. The van der Waals surface area contributed by atoms with Crippen LogP contribution in [0.15, 0.2) is 58.7 Å². The van der Waals surface area contributed by atoms with Gasteiger partial charge in [-0.3, -0.25) is 9.98 Å². The van der Waals surface area contributed by atoms with E-state index in [1.807, 2.05) is 12.3 Å². The van der Waals surface area contributed by atoms with Gasteiger partial charge in [-0.15, -0.1) is 0 Å². The molecular weight excluding hydrogens is 196 g/mol. The van der Waals surface area contributed by atoms with Crippen LogP contribution in [0.5, 0.6) is 0 Å². The van der Waals surface area contributed by atoms with Gasteiger partial charge in [0.05, 0.1) is 16.8 Å². The first-order chi connectivity index (χ1) is 7.91. The maximum absolute atomic E-state index is 4.74. The first-order valence-electron chi connectivity index (χ1n) is 5.51. The molecular formula is C14H10N2. The van der Waals surface area contributed by atoms with Crippen molar-refractivity contribution in [2.24, 2.45) is 9.98 Å². The van der Waals surface area contributed by atoms with Gasteiger partial charge in [0.25, 0.3) is 0 Å². The van der Waals surface area contributed by atoms with E-state index in [2.05, 4.69) is 41.4 Å². The number of benzene rings is 1. The van der Waals surface area contributed by atoms with Crippen molar-refractivity contribution in [2.45, 2.75) is 11.8 Å². The summed E-state index contributed by atoms with van der Waals surface area (Å²) in [6, 6.07) is 8.36. The van der Waals surface area contributed by atoms with E-state index in [4.69, 9.17) is 4.99 Å². The maximum Gasteiger partial charge on any atom is 0.0978 e. The molecule has 0 bridgehead atoms. The topological polar surface area (TPSA) is 24.7 Å². The van der Waals surface area contributed by atoms with Gasteiger partial charge < -0.3 is 0 Å². The molecule has 0 amide bonds. The zero-order chi connectivity index (χ0) is 10.6. The van der Waals surface area contributed by atoms with Crippen molar-refractivity contribution in [3.05, 3.63) is 54.3 Å². The minimum atomic E-state index is -0.134. The lowest BCUT2D eigenvalue weighted by atomic mass is 9.71. The Bertz CT molecular complexity index is 605. The molecule has 1 aromatic carbocycles. The highest BCUT2D eigenvalue weighted by Gasteiger charge is 2.47. The fraction of sp³-hybridized carbons (Fsp3) is 0.143. The van der Waals surface area contributed by atoms with E-state index in [0.717, 1.165) is 17.8 Å². The van der Waals surface area contributed by atoms with Gasteiger partial charge in [0.1, 0.15) is 0 Å². The number of para-hydroxylation sites is 1. The Labute approximate surface area is 93.7 Å². The van der Waals surface area contributed by atoms with Gasteiger partial charge in [-0.2, -0.15) is 0 Å². The molecule has 0 saturated carbocycles. The summed E-state index contributed by atoms with van der Waals surface area (Å²) in [6.07, 6.45) is 9.28. The van der Waals surface area contributed by atoms with Gasteiger partial charge >= 0.3 is 0 Å². The molecule has 76 valence electrons. The number of nitrogens with zero attached hydrogens (tertiary/aromatic N) is 2. The number of hydrogen-bond donors (Lipinski definition) is 0. The van der Waals surface area contributed by atoms with Crippen LogP contribution in [0.2, 0.25) is 0 Å². The second kappa shape index (κ2) is 2.59. The van der Waals surface area contributed by atoms with Crippen LogP contribution in [0.3, 0.4) is 0 Å². The second-order valence-corrected chi connectivity index (χ2v) is 4.32. The van der Waals surface area contributed by atoms with Crippen LogP contribution in [-0.2, 0) is 5.41 Å². The molecule has 1 aliphatic carbocycles. The molecule has 0 saturated heterocycles. The van der Waals surface area contributed by atoms with Gasteiger partial charge in [-0.1, -0.05) is 24.3 Å². The van der Waals surface area contributed by atoms with Crippen molar-refractivity contribution >= 4 is 17.1 Å². The Morgan fingerprint density at radius 2 is 2.12 bits per heavy atom. The molecule has 0 radical (unpaired) electrons. The van der Waals surface area contributed by atoms with Crippen LogP contribution in [0.25, 0.3) is 0 Å². The van der Waals surface area contributed by atoms with Crippen LogP contribution in [0.1, 0.15) is 12.0 Å². The zero-order valence-corrected chi connectivity index (χ0v) is 8.72. The summed E-state index contributed by atoms with van der Waals surface area (Å²) in [5.74, 6) is 0. The zero-order valence-electron chi connectivity index (χ0n) is 8.72. The minimum absolute atomic E-state index is 0.134. The highest BCUT2D eigenvalue weighted by Crippen LogP contribution is 2.46. The van der Waals surface area contributed by atoms with Crippen molar-refractivity contribution in [2.75, 3.05) is 0 Å². The van der Waals surface area contributed by atoms with Crippen molar-refractivity contribution in [1.29, 1.82) is 0 Å². The monoisotopic (exact) mass is 206 g/mol. The van der Waals surface area contributed by atoms with E-state index < -0.39 is 0 Å². The van der Waals surface area contributed by atoms with E-state index in [9.17, 15) is 0 Å². The molecule has 1 atom stereocenters. The third-order valence-corrected chi connectivity index (χ3v) is 3.57. The molecule has 4 rings (SSSR count). The Morgan fingerprint density at radius 1 is 1.19 bits per heavy atom. The van der Waals surface area contributed by atoms with Crippen molar-refractivity contribution in [1.82, 2.24) is 0 Å². The summed E-state index contributed by atoms with van der Waals surface area (Å²) in [5.41, 5.74) is 4.57. The summed E-state index contributed by atoms with van der Waals surface area (Å²) in [5, 5.41) is 0. The maximum atomic E-state index is 4.74. The van der Waals surface area contributed by atoms with Crippen molar-refractivity contribution < 1.29 is 0 Å². The fourth-order valence-corrected chi connectivity index (χ4v) is 2.85. The fourth-order valence-electron chi connectivity index (χ4n) is 2.85. The molecule has 2 heteroatoms. The normalized spacial score (nSPS) is 28.2. The highest BCUT2D eigenvalue weighted by atomic mass is 14.9. The number of fused-ring (bicyclic) bond motifs is 1. The quantitative estimate of drug-likeness (QED) is 0.623. The molecule has 0 N–H and O–H groups in total. The van der Waals surface area contributed by atoms with Gasteiger partial charge in [-0.25, -0.2) is 0 Å². The second-order valence-electron chi connectivity index (χ2n) is 4.32. The first kappa shape index (κ1) is 8.22. The lowest BCUT2D eigenvalue weighted by molar-refractivity contribution is 0.991. The number of hydrogen-bond acceptors (Lipinski definition) is 2. The molecule has 2 aliphatic heterocycles. The standard InChI is InChI=1S/C14H10N2/c1-2-5-11-10(4-1)14-8-9-15-12(14)6-3-7-13(14)16-11/h1-6,8-9H,7H2. The van der Waals surface area contributed by atoms with Crippen LogP contribution in [0.4, 0.5) is 5.69 Å². The Hall–Kier alpha value is -1.96. The lowest BCUT2D eigenvalue weighted by Gasteiger charge is -2.28. The van der Waals surface area contributed by atoms with Gasteiger partial charge in [0.2, 0.25) is 0 Å². The molecule has 2 nitrogen and oxygen atoms in total. The Kier molecular flexibility index (Phi) is 1.33. The van der Waals surface area contributed by atoms with Crippen LogP contribution >= 0.6 is 0 Å². The van der Waals surface area contributed by atoms with Crippen molar-refractivity contribution in [3.63, 3.8) is 0 Å². The average molecular weight is 206 g/mol. The molecule has 1 aromatic rings. The lowest BCUT2D eigenvalue weighted by Crippen LogP contribution is -2.38. The molecule has 1 unspecified atom stereocenters. The number of allylic oxidation sites excluding steroid dienone is 3. The predicted molar refractivity (Wildman–Crippen MR) is 65.5 cm³/mol. The summed E-state index contributed by atoms with van der Waals surface area (Å²) in [6.45, 7) is 0. The van der Waals surface area contributed by atoms with Crippen LogP contribution in [0, 0.1) is 0 Å². The van der Waals surface area contributed by atoms with Crippen LogP contribution in [-0.4, -0.2) is 11.4 Å². The third-order valence-electron chi connectivity index (χ3n) is 3.57. The smallest absolute Gasteiger partial charge is 0.0978 e. The van der Waals surface area contributed by atoms with E-state index in [1.54, 1.807) is 0 Å². The predicted octanol–water partition coefficient (Wildman–Crippen LogP) is 2.94. The molecule has 1 spiro atoms. The molecule has 0 fully saturated rings. The largest absolute Gasteiger partial charge is 0.260 e. The average Bonchev–Trinajstić information content (AvgIpc) is 2.87. The van der Waals surface area contributed by atoms with E-state index >= 15 is 0 Å². The Morgan fingerprint density at radius 3 is 3.12 bits per heavy atom. The minimum Gasteiger partial charge on any atom is -0.260 e. The molecule has 3 aliphatic rings. The summed E-state index contributed by atoms with van der Waals surface area (Å²) >= 11 is 0. The number of aliphatic imine (C=N–C) groups is 2. The van der Waals surface area contributed by atoms with E-state index in [1.165, 1.54) is 11.3 Å².